The van der Waals surface area contributed by atoms with Crippen molar-refractivity contribution in [1.29, 1.82) is 0 Å². The summed E-state index contributed by atoms with van der Waals surface area (Å²) in [5, 5.41) is 2.88. The minimum absolute atomic E-state index is 0.000486. The molecular weight excluding hydrogens is 374 g/mol. The van der Waals surface area contributed by atoms with Crippen LogP contribution < -0.4 is 15.1 Å². The summed E-state index contributed by atoms with van der Waals surface area (Å²) in [6.45, 7) is 4.68. The Hall–Kier alpha value is -2.93. The molecule has 6 nitrogen and oxygen atoms in total. The molecule has 0 saturated carbocycles. The Bertz CT molecular complexity index is 1110. The van der Waals surface area contributed by atoms with Crippen LogP contribution in [-0.2, 0) is 4.79 Å². The van der Waals surface area contributed by atoms with Gasteiger partial charge in [-0.05, 0) is 62.7 Å². The van der Waals surface area contributed by atoms with Gasteiger partial charge in [0.25, 0.3) is 5.91 Å². The molecule has 2 amide bonds. The fourth-order valence-corrected chi connectivity index (χ4v) is 4.57. The third-order valence-electron chi connectivity index (χ3n) is 4.90. The molecule has 1 aromatic heterocycles. The lowest BCUT2D eigenvalue weighted by Gasteiger charge is -2.15. The van der Waals surface area contributed by atoms with Crippen molar-refractivity contribution in [2.45, 2.75) is 32.7 Å². The van der Waals surface area contributed by atoms with E-state index in [1.54, 1.807) is 33.7 Å². The van der Waals surface area contributed by atoms with Crippen molar-refractivity contribution < 1.29 is 9.59 Å². The fourth-order valence-electron chi connectivity index (χ4n) is 3.52. The zero-order chi connectivity index (χ0) is 19.8. The summed E-state index contributed by atoms with van der Waals surface area (Å²) in [7, 11) is 0. The number of aromatic nitrogens is 1. The molecule has 144 valence electrons. The molecule has 1 aliphatic rings. The number of rotatable bonds is 4. The van der Waals surface area contributed by atoms with E-state index in [1.807, 2.05) is 32.0 Å². The zero-order valence-electron chi connectivity index (χ0n) is 15.8. The van der Waals surface area contributed by atoms with Crippen LogP contribution in [0.15, 0.2) is 47.3 Å². The van der Waals surface area contributed by atoms with Crippen LogP contribution >= 0.6 is 11.3 Å². The molecule has 0 aliphatic carbocycles. The highest BCUT2D eigenvalue weighted by Crippen LogP contribution is 2.25. The Morgan fingerprint density at radius 2 is 1.86 bits per heavy atom. The highest BCUT2D eigenvalue weighted by atomic mass is 32.1. The predicted molar refractivity (Wildman–Crippen MR) is 112 cm³/mol. The molecule has 0 radical (unpaired) electrons. The molecule has 4 rings (SSSR count). The Kier molecular flexibility index (Phi) is 4.77. The third kappa shape index (κ3) is 3.33. The maximum Gasteiger partial charge on any atom is 0.308 e. The van der Waals surface area contributed by atoms with Gasteiger partial charge in [0.1, 0.15) is 0 Å². The van der Waals surface area contributed by atoms with Crippen molar-refractivity contribution >= 4 is 44.7 Å². The largest absolute Gasteiger partial charge is 0.322 e. The highest BCUT2D eigenvalue weighted by Gasteiger charge is 2.21. The van der Waals surface area contributed by atoms with Gasteiger partial charge in [-0.3, -0.25) is 19.0 Å². The molecule has 0 spiro atoms. The minimum Gasteiger partial charge on any atom is -0.322 e. The predicted octanol–water partition coefficient (Wildman–Crippen LogP) is 4.02. The molecule has 1 N–H and O–H groups in total. The van der Waals surface area contributed by atoms with E-state index in [4.69, 9.17) is 0 Å². The number of nitrogens with one attached hydrogen (secondary N) is 1. The summed E-state index contributed by atoms with van der Waals surface area (Å²) < 4.78 is 2.60. The number of nitrogens with zero attached hydrogens (tertiary/aromatic N) is 2. The SMILES string of the molecule is CC(C)n1c(=O)sc2cc(NC(=O)c3ccc(N4CCCC4=O)cc3)ccc21. The van der Waals surface area contributed by atoms with Gasteiger partial charge in [0, 0.05) is 35.9 Å². The molecule has 7 heteroatoms. The second kappa shape index (κ2) is 7.24. The number of benzene rings is 2. The number of amides is 2. The van der Waals surface area contributed by atoms with Crippen molar-refractivity contribution in [2.24, 2.45) is 0 Å². The van der Waals surface area contributed by atoms with Gasteiger partial charge in [0.05, 0.1) is 10.2 Å². The second-order valence-electron chi connectivity index (χ2n) is 7.16. The summed E-state index contributed by atoms with van der Waals surface area (Å²) >= 11 is 1.18. The van der Waals surface area contributed by atoms with Gasteiger partial charge >= 0.3 is 4.87 Å². The highest BCUT2D eigenvalue weighted by molar-refractivity contribution is 7.16. The summed E-state index contributed by atoms with van der Waals surface area (Å²) in [6.07, 6.45) is 1.45. The first kappa shape index (κ1) is 18.4. The lowest BCUT2D eigenvalue weighted by molar-refractivity contribution is -0.117. The standard InChI is InChI=1S/C21H21N3O3S/c1-13(2)24-17-10-7-15(12-18(17)28-21(24)27)22-20(26)14-5-8-16(9-6-14)23-11-3-4-19(23)25/h5-10,12-13H,3-4,11H2,1-2H3,(H,22,26). The molecule has 0 bridgehead atoms. The second-order valence-corrected chi connectivity index (χ2v) is 8.16. The van der Waals surface area contributed by atoms with Gasteiger partial charge in [-0.1, -0.05) is 11.3 Å². The lowest BCUT2D eigenvalue weighted by atomic mass is 10.1. The van der Waals surface area contributed by atoms with Crippen LogP contribution in [0.25, 0.3) is 10.2 Å². The fraction of sp³-hybridized carbons (Fsp3) is 0.286. The van der Waals surface area contributed by atoms with Crippen LogP contribution in [0, 0.1) is 0 Å². The molecule has 0 unspecified atom stereocenters. The molecule has 28 heavy (non-hydrogen) atoms. The van der Waals surface area contributed by atoms with Gasteiger partial charge in [-0.2, -0.15) is 0 Å². The van der Waals surface area contributed by atoms with Crippen molar-refractivity contribution in [3.05, 3.63) is 57.7 Å². The third-order valence-corrected chi connectivity index (χ3v) is 5.82. The number of hydrogen-bond acceptors (Lipinski definition) is 4. The number of fused-ring (bicyclic) bond motifs is 1. The topological polar surface area (TPSA) is 71.4 Å². The Morgan fingerprint density at radius 1 is 1.11 bits per heavy atom. The van der Waals surface area contributed by atoms with Crippen LogP contribution in [0.5, 0.6) is 0 Å². The van der Waals surface area contributed by atoms with Crippen LogP contribution in [0.1, 0.15) is 43.1 Å². The van der Waals surface area contributed by atoms with E-state index in [0.29, 0.717) is 17.7 Å². The molecule has 2 heterocycles. The van der Waals surface area contributed by atoms with Gasteiger partial charge in [0.15, 0.2) is 0 Å². The Balaban J connectivity index is 1.53. The average molecular weight is 395 g/mol. The normalized spacial score (nSPS) is 14.2. The van der Waals surface area contributed by atoms with Gasteiger partial charge in [-0.15, -0.1) is 0 Å². The number of carbonyl (C=O) groups excluding carboxylic acids is 2. The Morgan fingerprint density at radius 3 is 2.50 bits per heavy atom. The van der Waals surface area contributed by atoms with E-state index in [9.17, 15) is 14.4 Å². The number of thiazole rings is 1. The van der Waals surface area contributed by atoms with Gasteiger partial charge in [-0.25, -0.2) is 0 Å². The number of hydrogen-bond donors (Lipinski definition) is 1. The molecule has 3 aromatic rings. The molecular formula is C21H21N3O3S. The molecule has 1 aliphatic heterocycles. The van der Waals surface area contributed by atoms with Crippen LogP contribution in [-0.4, -0.2) is 22.9 Å². The quantitative estimate of drug-likeness (QED) is 0.725. The molecule has 1 saturated heterocycles. The number of carbonyl (C=O) groups is 2. The maximum atomic E-state index is 12.6. The molecule has 2 aromatic carbocycles. The summed E-state index contributed by atoms with van der Waals surface area (Å²) in [4.78, 5) is 38.3. The van der Waals surface area contributed by atoms with Crippen molar-refractivity contribution in [2.75, 3.05) is 16.8 Å². The van der Waals surface area contributed by atoms with Crippen LogP contribution in [0.4, 0.5) is 11.4 Å². The van der Waals surface area contributed by atoms with E-state index in [1.165, 1.54) is 11.3 Å². The van der Waals surface area contributed by atoms with Crippen LogP contribution in [0.3, 0.4) is 0 Å². The summed E-state index contributed by atoms with van der Waals surface area (Å²) in [5.74, 6) is -0.105. The van der Waals surface area contributed by atoms with E-state index in [-0.39, 0.29) is 22.7 Å². The molecule has 0 atom stereocenters. The van der Waals surface area contributed by atoms with E-state index in [2.05, 4.69) is 5.32 Å². The minimum atomic E-state index is -0.228. The monoisotopic (exact) mass is 395 g/mol. The smallest absolute Gasteiger partial charge is 0.308 e. The van der Waals surface area contributed by atoms with E-state index in [0.717, 1.165) is 28.9 Å². The maximum absolute atomic E-state index is 12.6. The van der Waals surface area contributed by atoms with E-state index >= 15 is 0 Å². The molecule has 1 fully saturated rings. The first-order chi connectivity index (χ1) is 13.4. The summed E-state index contributed by atoms with van der Waals surface area (Å²) in [5.41, 5.74) is 2.86. The lowest BCUT2D eigenvalue weighted by Crippen LogP contribution is -2.23. The Labute approximate surface area is 166 Å². The average Bonchev–Trinajstić information content (AvgIpc) is 3.23. The van der Waals surface area contributed by atoms with E-state index < -0.39 is 0 Å². The van der Waals surface area contributed by atoms with Crippen molar-refractivity contribution in [3.63, 3.8) is 0 Å². The van der Waals surface area contributed by atoms with Gasteiger partial charge in [0.2, 0.25) is 5.91 Å². The van der Waals surface area contributed by atoms with Crippen molar-refractivity contribution in [3.8, 4) is 0 Å². The number of anilines is 2. The van der Waals surface area contributed by atoms with Crippen molar-refractivity contribution in [1.82, 2.24) is 4.57 Å². The first-order valence-electron chi connectivity index (χ1n) is 9.31. The van der Waals surface area contributed by atoms with Gasteiger partial charge < -0.3 is 10.2 Å². The first-order valence-corrected chi connectivity index (χ1v) is 10.1. The zero-order valence-corrected chi connectivity index (χ0v) is 16.6. The summed E-state index contributed by atoms with van der Waals surface area (Å²) in [6, 6.07) is 12.6. The van der Waals surface area contributed by atoms with Crippen LogP contribution in [0.2, 0.25) is 0 Å².